The lowest BCUT2D eigenvalue weighted by molar-refractivity contribution is -0.906. The molecule has 1 amide bonds. The van der Waals surface area contributed by atoms with Crippen LogP contribution in [0, 0.1) is 0 Å². The Morgan fingerprint density at radius 3 is 2.52 bits per heavy atom. The van der Waals surface area contributed by atoms with E-state index in [0.717, 1.165) is 42.7 Å². The fourth-order valence-electron chi connectivity index (χ4n) is 3.43. The third-order valence-corrected chi connectivity index (χ3v) is 5.47. The monoisotopic (exact) mass is 407 g/mol. The van der Waals surface area contributed by atoms with E-state index in [4.69, 9.17) is 27.9 Å². The predicted octanol–water partition coefficient (Wildman–Crippen LogP) is 5.00. The Kier molecular flexibility index (Phi) is 6.43. The summed E-state index contributed by atoms with van der Waals surface area (Å²) in [6.07, 6.45) is 2.68. The Morgan fingerprint density at radius 2 is 1.89 bits per heavy atom. The minimum absolute atomic E-state index is 0.212. The van der Waals surface area contributed by atoms with Crippen LogP contribution in [0.3, 0.4) is 0 Å². The number of anilines is 1. The summed E-state index contributed by atoms with van der Waals surface area (Å²) < 4.78 is 6.64. The van der Waals surface area contributed by atoms with E-state index in [-0.39, 0.29) is 5.91 Å². The highest BCUT2D eigenvalue weighted by molar-refractivity contribution is 6.42. The molecule has 0 aliphatic carbocycles. The van der Waals surface area contributed by atoms with Crippen LogP contribution >= 0.6 is 23.2 Å². The standard InChI is InChI=1S/C21H24Cl2N2O2/c1-25(2,14-18-4-3-11-27-18)13-15-5-8-17(9-6-15)24-21(26)16-7-10-19(22)20(23)12-16/h5-10,12,18H,3-4,11,13-14H2,1-2H3/p+1. The minimum Gasteiger partial charge on any atom is -0.372 e. The van der Waals surface area contributed by atoms with Crippen molar-refractivity contribution in [2.45, 2.75) is 25.5 Å². The van der Waals surface area contributed by atoms with Gasteiger partial charge in [0.05, 0.1) is 24.1 Å². The fraction of sp³-hybridized carbons (Fsp3) is 0.381. The van der Waals surface area contributed by atoms with E-state index < -0.39 is 0 Å². The van der Waals surface area contributed by atoms with E-state index in [9.17, 15) is 4.79 Å². The second kappa shape index (κ2) is 8.61. The highest BCUT2D eigenvalue weighted by Crippen LogP contribution is 2.23. The van der Waals surface area contributed by atoms with Crippen LogP contribution in [0.25, 0.3) is 0 Å². The molecule has 0 bridgehead atoms. The van der Waals surface area contributed by atoms with Crippen LogP contribution in [0.1, 0.15) is 28.8 Å². The number of amides is 1. The van der Waals surface area contributed by atoms with Crippen molar-refractivity contribution in [2.75, 3.05) is 32.6 Å². The number of quaternary nitrogens is 1. The molecule has 1 aliphatic heterocycles. The molecule has 1 aliphatic rings. The molecule has 1 fully saturated rings. The van der Waals surface area contributed by atoms with Crippen molar-refractivity contribution < 1.29 is 14.0 Å². The first kappa shape index (κ1) is 20.2. The molecule has 2 aromatic rings. The zero-order valence-electron chi connectivity index (χ0n) is 15.7. The van der Waals surface area contributed by atoms with Crippen molar-refractivity contribution in [3.8, 4) is 0 Å². The molecule has 1 atom stereocenters. The first-order chi connectivity index (χ1) is 12.8. The number of hydrogen-bond donors (Lipinski definition) is 1. The van der Waals surface area contributed by atoms with Gasteiger partial charge in [0.2, 0.25) is 0 Å². The Labute approximate surface area is 170 Å². The zero-order chi connectivity index (χ0) is 19.4. The third-order valence-electron chi connectivity index (χ3n) is 4.73. The number of benzene rings is 2. The van der Waals surface area contributed by atoms with Crippen molar-refractivity contribution in [2.24, 2.45) is 0 Å². The lowest BCUT2D eigenvalue weighted by Gasteiger charge is -2.32. The molecule has 1 heterocycles. The van der Waals surface area contributed by atoms with Crippen molar-refractivity contribution in [3.05, 3.63) is 63.6 Å². The Morgan fingerprint density at radius 1 is 1.15 bits per heavy atom. The molecule has 2 aromatic carbocycles. The second-order valence-corrected chi connectivity index (χ2v) is 8.51. The van der Waals surface area contributed by atoms with Gasteiger partial charge < -0.3 is 14.5 Å². The third kappa shape index (κ3) is 5.69. The van der Waals surface area contributed by atoms with E-state index in [2.05, 4.69) is 31.5 Å². The quantitative estimate of drug-likeness (QED) is 0.683. The van der Waals surface area contributed by atoms with Crippen molar-refractivity contribution >= 4 is 34.8 Å². The molecule has 27 heavy (non-hydrogen) atoms. The van der Waals surface area contributed by atoms with Gasteiger partial charge in [0, 0.05) is 23.4 Å². The van der Waals surface area contributed by atoms with Gasteiger partial charge in [0.25, 0.3) is 5.91 Å². The summed E-state index contributed by atoms with van der Waals surface area (Å²) >= 11 is 11.9. The van der Waals surface area contributed by atoms with Crippen molar-refractivity contribution in [3.63, 3.8) is 0 Å². The maximum atomic E-state index is 12.4. The van der Waals surface area contributed by atoms with Crippen LogP contribution in [-0.4, -0.2) is 43.7 Å². The normalized spacial score (nSPS) is 17.1. The van der Waals surface area contributed by atoms with Gasteiger partial charge in [-0.1, -0.05) is 35.3 Å². The molecule has 4 nitrogen and oxygen atoms in total. The van der Waals surface area contributed by atoms with Crippen LogP contribution in [0.15, 0.2) is 42.5 Å². The number of hydrogen-bond acceptors (Lipinski definition) is 2. The van der Waals surface area contributed by atoms with E-state index >= 15 is 0 Å². The number of halogens is 2. The van der Waals surface area contributed by atoms with Gasteiger partial charge in [-0.15, -0.1) is 0 Å². The average Bonchev–Trinajstić information content (AvgIpc) is 3.11. The van der Waals surface area contributed by atoms with Gasteiger partial charge in [-0.3, -0.25) is 4.79 Å². The fourth-order valence-corrected chi connectivity index (χ4v) is 3.73. The smallest absolute Gasteiger partial charge is 0.255 e. The maximum absolute atomic E-state index is 12.4. The molecule has 6 heteroatoms. The highest BCUT2D eigenvalue weighted by Gasteiger charge is 2.25. The van der Waals surface area contributed by atoms with Gasteiger partial charge in [-0.25, -0.2) is 0 Å². The Hall–Kier alpha value is -1.59. The average molecular weight is 408 g/mol. The highest BCUT2D eigenvalue weighted by atomic mass is 35.5. The molecule has 1 N–H and O–H groups in total. The van der Waals surface area contributed by atoms with Gasteiger partial charge in [-0.05, 0) is 43.2 Å². The van der Waals surface area contributed by atoms with Crippen LogP contribution in [0.4, 0.5) is 5.69 Å². The number of likely N-dealkylation sites (N-methyl/N-ethyl adjacent to an activating group) is 1. The first-order valence-electron chi connectivity index (χ1n) is 9.11. The maximum Gasteiger partial charge on any atom is 0.255 e. The molecule has 0 spiro atoms. The van der Waals surface area contributed by atoms with Crippen LogP contribution < -0.4 is 5.32 Å². The van der Waals surface area contributed by atoms with Gasteiger partial charge >= 0.3 is 0 Å². The summed E-state index contributed by atoms with van der Waals surface area (Å²) in [5.41, 5.74) is 2.45. The Balaban J connectivity index is 1.59. The summed E-state index contributed by atoms with van der Waals surface area (Å²) in [6, 6.07) is 12.8. The van der Waals surface area contributed by atoms with E-state index in [1.54, 1.807) is 18.2 Å². The second-order valence-electron chi connectivity index (χ2n) is 7.69. The van der Waals surface area contributed by atoms with E-state index in [0.29, 0.717) is 21.7 Å². The lowest BCUT2D eigenvalue weighted by Crippen LogP contribution is -2.44. The van der Waals surface area contributed by atoms with Crippen LogP contribution in [0.5, 0.6) is 0 Å². The molecule has 3 rings (SSSR count). The number of carbonyl (C=O) groups is 1. The number of rotatable bonds is 6. The lowest BCUT2D eigenvalue weighted by atomic mass is 10.1. The number of nitrogens with zero attached hydrogens (tertiary/aromatic N) is 1. The topological polar surface area (TPSA) is 38.3 Å². The Bertz CT molecular complexity index is 800. The van der Waals surface area contributed by atoms with Gasteiger partial charge in [-0.2, -0.15) is 0 Å². The SMILES string of the molecule is C[N+](C)(Cc1ccc(NC(=O)c2ccc(Cl)c(Cl)c2)cc1)CC1CCCO1. The largest absolute Gasteiger partial charge is 0.372 e. The molecule has 144 valence electrons. The van der Waals surface area contributed by atoms with E-state index in [1.165, 1.54) is 5.56 Å². The minimum atomic E-state index is -0.212. The molecular weight excluding hydrogens is 383 g/mol. The predicted molar refractivity (Wildman–Crippen MR) is 111 cm³/mol. The summed E-state index contributed by atoms with van der Waals surface area (Å²) in [7, 11) is 4.45. The molecule has 1 unspecified atom stereocenters. The molecular formula is C21H25Cl2N2O2+. The zero-order valence-corrected chi connectivity index (χ0v) is 17.2. The number of nitrogens with one attached hydrogen (secondary N) is 1. The summed E-state index contributed by atoms with van der Waals surface area (Å²) in [5.74, 6) is -0.212. The first-order valence-corrected chi connectivity index (χ1v) is 9.87. The van der Waals surface area contributed by atoms with Crippen molar-refractivity contribution in [1.82, 2.24) is 0 Å². The van der Waals surface area contributed by atoms with E-state index in [1.807, 2.05) is 12.1 Å². The van der Waals surface area contributed by atoms with Crippen molar-refractivity contribution in [1.29, 1.82) is 0 Å². The number of ether oxygens (including phenoxy) is 1. The van der Waals surface area contributed by atoms with Crippen LogP contribution in [-0.2, 0) is 11.3 Å². The van der Waals surface area contributed by atoms with Gasteiger partial charge in [0.1, 0.15) is 19.2 Å². The number of carbonyl (C=O) groups excluding carboxylic acids is 1. The van der Waals surface area contributed by atoms with Gasteiger partial charge in [0.15, 0.2) is 0 Å². The summed E-state index contributed by atoms with van der Waals surface area (Å²) in [5, 5.41) is 3.69. The summed E-state index contributed by atoms with van der Waals surface area (Å²) in [6.45, 7) is 2.81. The van der Waals surface area contributed by atoms with Crippen LogP contribution in [0.2, 0.25) is 10.0 Å². The summed E-state index contributed by atoms with van der Waals surface area (Å²) in [4.78, 5) is 12.4. The molecule has 1 saturated heterocycles. The molecule has 0 aromatic heterocycles. The molecule has 0 radical (unpaired) electrons. The molecule has 0 saturated carbocycles.